The number of hydrogen-bond donors (Lipinski definition) is 0. The van der Waals surface area contributed by atoms with Crippen molar-refractivity contribution in [2.75, 3.05) is 13.3 Å². The predicted octanol–water partition coefficient (Wildman–Crippen LogP) is 5.03. The van der Waals surface area contributed by atoms with Gasteiger partial charge in [-0.25, -0.2) is 9.07 Å². The molecule has 0 radical (unpaired) electrons. The topological polar surface area (TPSA) is 38.1 Å². The van der Waals surface area contributed by atoms with E-state index >= 15 is 0 Å². The fraction of sp³-hybridized carbons (Fsp3) is 0.238. The summed E-state index contributed by atoms with van der Waals surface area (Å²) in [6, 6.07) is 14.2. The minimum absolute atomic E-state index is 0.179. The Kier molecular flexibility index (Phi) is 6.42. The number of carbonyl (C=O) groups is 1. The molecule has 3 rings (SSSR count). The Bertz CT molecular complexity index is 971. The highest BCUT2D eigenvalue weighted by Crippen LogP contribution is 2.23. The number of aromatic nitrogens is 2. The van der Waals surface area contributed by atoms with Gasteiger partial charge in [0.1, 0.15) is 11.0 Å². The van der Waals surface area contributed by atoms with Gasteiger partial charge < -0.3 is 4.90 Å². The summed E-state index contributed by atoms with van der Waals surface area (Å²) in [5.74, 6) is -0.476. The molecule has 2 aromatic carbocycles. The van der Waals surface area contributed by atoms with E-state index in [4.69, 9.17) is 11.6 Å². The normalized spacial score (nSPS) is 10.9. The van der Waals surface area contributed by atoms with Crippen LogP contribution in [0.25, 0.3) is 0 Å². The molecule has 0 fully saturated rings. The van der Waals surface area contributed by atoms with Crippen molar-refractivity contribution in [1.82, 2.24) is 14.7 Å². The molecule has 0 spiro atoms. The molecule has 0 atom stereocenters. The lowest BCUT2D eigenvalue weighted by Gasteiger charge is -2.17. The zero-order chi connectivity index (χ0) is 20.3. The summed E-state index contributed by atoms with van der Waals surface area (Å²) in [5.41, 5.74) is 2.86. The molecular formula is C21H21ClFN3OS. The fourth-order valence-corrected chi connectivity index (χ4v) is 3.65. The number of nitrogens with zero attached hydrogens (tertiary/aromatic N) is 3. The number of halogens is 2. The first-order valence-electron chi connectivity index (χ1n) is 8.74. The highest BCUT2D eigenvalue weighted by atomic mass is 35.5. The zero-order valence-electron chi connectivity index (χ0n) is 15.9. The minimum Gasteiger partial charge on any atom is -0.337 e. The predicted molar refractivity (Wildman–Crippen MR) is 111 cm³/mol. The van der Waals surface area contributed by atoms with Gasteiger partial charge in [0.15, 0.2) is 0 Å². The third kappa shape index (κ3) is 4.56. The second kappa shape index (κ2) is 8.80. The molecular weight excluding hydrogens is 397 g/mol. The number of amides is 1. The van der Waals surface area contributed by atoms with E-state index in [9.17, 15) is 9.18 Å². The fourth-order valence-electron chi connectivity index (χ4n) is 2.93. The third-order valence-corrected chi connectivity index (χ3v) is 5.58. The maximum Gasteiger partial charge on any atom is 0.258 e. The molecule has 4 nitrogen and oxygen atoms in total. The van der Waals surface area contributed by atoms with Crippen molar-refractivity contribution < 1.29 is 9.18 Å². The smallest absolute Gasteiger partial charge is 0.258 e. The van der Waals surface area contributed by atoms with Crippen molar-refractivity contribution in [2.24, 2.45) is 0 Å². The summed E-state index contributed by atoms with van der Waals surface area (Å²) in [4.78, 5) is 15.8. The van der Waals surface area contributed by atoms with Crippen molar-refractivity contribution in [3.05, 3.63) is 81.9 Å². The lowest BCUT2D eigenvalue weighted by Crippen LogP contribution is -2.26. The summed E-state index contributed by atoms with van der Waals surface area (Å²) in [7, 11) is 1.75. The summed E-state index contributed by atoms with van der Waals surface area (Å²) in [6.07, 6.45) is 2.03. The van der Waals surface area contributed by atoms with Gasteiger partial charge in [-0.05, 0) is 48.6 Å². The summed E-state index contributed by atoms with van der Waals surface area (Å²) < 4.78 is 14.7. The van der Waals surface area contributed by atoms with Crippen molar-refractivity contribution in [3.8, 4) is 0 Å². The van der Waals surface area contributed by atoms with E-state index in [2.05, 4.69) is 5.10 Å². The first-order chi connectivity index (χ1) is 13.4. The van der Waals surface area contributed by atoms with E-state index in [-0.39, 0.29) is 16.9 Å². The molecule has 7 heteroatoms. The van der Waals surface area contributed by atoms with Gasteiger partial charge >= 0.3 is 0 Å². The first-order valence-corrected chi connectivity index (χ1v) is 10.3. The molecule has 1 aromatic heterocycles. The maximum absolute atomic E-state index is 13.1. The molecule has 0 saturated carbocycles. The van der Waals surface area contributed by atoms with Crippen LogP contribution in [0.3, 0.4) is 0 Å². The number of rotatable bonds is 6. The van der Waals surface area contributed by atoms with E-state index in [0.29, 0.717) is 24.3 Å². The number of benzene rings is 2. The van der Waals surface area contributed by atoms with E-state index in [1.165, 1.54) is 17.0 Å². The second-order valence-corrected chi connectivity index (χ2v) is 7.78. The standard InChI is InChI=1S/C21H21ClFN3OS/c1-14-19(20(22)26(24-14)13-16-4-8-17(23)9-5-16)21(27)25(2)12-15-6-10-18(28-3)11-7-15/h4-11H,12-13H2,1-3H3. The van der Waals surface area contributed by atoms with Gasteiger partial charge in [0.05, 0.1) is 17.8 Å². The molecule has 0 saturated heterocycles. The maximum atomic E-state index is 13.1. The lowest BCUT2D eigenvalue weighted by molar-refractivity contribution is 0.0784. The molecule has 0 unspecified atom stereocenters. The summed E-state index contributed by atoms with van der Waals surface area (Å²) in [5, 5.41) is 4.69. The number of thioether (sulfide) groups is 1. The largest absolute Gasteiger partial charge is 0.337 e. The Morgan fingerprint density at radius 1 is 1.14 bits per heavy atom. The van der Waals surface area contributed by atoms with Gasteiger partial charge in [0.2, 0.25) is 0 Å². The minimum atomic E-state index is -0.297. The van der Waals surface area contributed by atoms with Crippen LogP contribution in [-0.2, 0) is 13.1 Å². The molecule has 0 N–H and O–H groups in total. The molecule has 1 amide bonds. The van der Waals surface area contributed by atoms with Crippen molar-refractivity contribution >= 4 is 29.3 Å². The number of carbonyl (C=O) groups excluding carboxylic acids is 1. The Morgan fingerprint density at radius 3 is 2.36 bits per heavy atom. The third-order valence-electron chi connectivity index (χ3n) is 4.45. The SMILES string of the molecule is CSc1ccc(CN(C)C(=O)c2c(C)nn(Cc3ccc(F)cc3)c2Cl)cc1. The lowest BCUT2D eigenvalue weighted by atomic mass is 10.2. The van der Waals surface area contributed by atoms with E-state index in [1.807, 2.05) is 30.5 Å². The van der Waals surface area contributed by atoms with Crippen molar-refractivity contribution in [2.45, 2.75) is 24.9 Å². The summed E-state index contributed by atoms with van der Waals surface area (Å²) in [6.45, 7) is 2.61. The molecule has 146 valence electrons. The van der Waals surface area contributed by atoms with Crippen LogP contribution in [0, 0.1) is 12.7 Å². The monoisotopic (exact) mass is 417 g/mol. The van der Waals surface area contributed by atoms with Crippen LogP contribution in [0.2, 0.25) is 5.15 Å². The van der Waals surface area contributed by atoms with Gasteiger partial charge in [0.25, 0.3) is 5.91 Å². The van der Waals surface area contributed by atoms with Crippen molar-refractivity contribution in [1.29, 1.82) is 0 Å². The van der Waals surface area contributed by atoms with Gasteiger partial charge in [-0.15, -0.1) is 11.8 Å². The Labute approximate surface area is 173 Å². The number of hydrogen-bond acceptors (Lipinski definition) is 3. The molecule has 3 aromatic rings. The Morgan fingerprint density at radius 2 is 1.75 bits per heavy atom. The van der Waals surface area contributed by atoms with E-state index < -0.39 is 0 Å². The van der Waals surface area contributed by atoms with E-state index in [0.717, 1.165) is 11.1 Å². The number of aryl methyl sites for hydroxylation is 1. The zero-order valence-corrected chi connectivity index (χ0v) is 17.5. The first kappa shape index (κ1) is 20.4. The van der Waals surface area contributed by atoms with Crippen LogP contribution in [0.4, 0.5) is 4.39 Å². The highest BCUT2D eigenvalue weighted by molar-refractivity contribution is 7.98. The van der Waals surface area contributed by atoms with Crippen LogP contribution in [-0.4, -0.2) is 33.9 Å². The van der Waals surface area contributed by atoms with E-state index in [1.54, 1.807) is 47.4 Å². The van der Waals surface area contributed by atoms with Crippen LogP contribution in [0.1, 0.15) is 27.2 Å². The average molecular weight is 418 g/mol. The Balaban J connectivity index is 1.77. The van der Waals surface area contributed by atoms with Gasteiger partial charge in [0, 0.05) is 18.5 Å². The van der Waals surface area contributed by atoms with Crippen LogP contribution >= 0.6 is 23.4 Å². The molecule has 0 aliphatic rings. The van der Waals surface area contributed by atoms with Crippen LogP contribution in [0.15, 0.2) is 53.4 Å². The van der Waals surface area contributed by atoms with Crippen molar-refractivity contribution in [3.63, 3.8) is 0 Å². The molecule has 1 heterocycles. The Hall–Kier alpha value is -2.31. The molecule has 0 bridgehead atoms. The molecule has 0 aliphatic carbocycles. The molecule has 0 aliphatic heterocycles. The molecule has 28 heavy (non-hydrogen) atoms. The average Bonchev–Trinajstić information content (AvgIpc) is 2.96. The highest BCUT2D eigenvalue weighted by Gasteiger charge is 2.23. The van der Waals surface area contributed by atoms with Crippen LogP contribution < -0.4 is 0 Å². The van der Waals surface area contributed by atoms with Gasteiger partial charge in [-0.2, -0.15) is 5.10 Å². The summed E-state index contributed by atoms with van der Waals surface area (Å²) >= 11 is 8.15. The second-order valence-electron chi connectivity index (χ2n) is 6.54. The van der Waals surface area contributed by atoms with Gasteiger partial charge in [-0.3, -0.25) is 4.79 Å². The quantitative estimate of drug-likeness (QED) is 0.528. The van der Waals surface area contributed by atoms with Gasteiger partial charge in [-0.1, -0.05) is 35.9 Å². The van der Waals surface area contributed by atoms with Crippen LogP contribution in [0.5, 0.6) is 0 Å².